The average Bonchev–Trinajstić information content (AvgIpc) is 3.15. The summed E-state index contributed by atoms with van der Waals surface area (Å²) in [5, 5.41) is 5.72. The van der Waals surface area contributed by atoms with Crippen molar-refractivity contribution >= 4 is 17.0 Å². The maximum absolute atomic E-state index is 4.28. The molecule has 1 aliphatic rings. The molecule has 2 heterocycles. The van der Waals surface area contributed by atoms with E-state index < -0.39 is 0 Å². The fourth-order valence-corrected chi connectivity index (χ4v) is 3.20. The van der Waals surface area contributed by atoms with Crippen molar-refractivity contribution in [2.24, 2.45) is 0 Å². The number of rotatable bonds is 6. The Hall–Kier alpha value is -1.39. The Balaban J connectivity index is 1.77. The van der Waals surface area contributed by atoms with Crippen molar-refractivity contribution in [1.29, 1.82) is 0 Å². The van der Waals surface area contributed by atoms with Crippen molar-refractivity contribution in [3.05, 3.63) is 46.4 Å². The first-order valence-electron chi connectivity index (χ1n) is 7.18. The molecule has 0 spiro atoms. The van der Waals surface area contributed by atoms with Gasteiger partial charge in [0.05, 0.1) is 6.04 Å². The van der Waals surface area contributed by atoms with E-state index in [9.17, 15) is 0 Å². The van der Waals surface area contributed by atoms with Gasteiger partial charge in [-0.3, -0.25) is 4.98 Å². The fourth-order valence-electron chi connectivity index (χ4n) is 2.37. The number of pyridine rings is 1. The number of anilines is 1. The maximum Gasteiger partial charge on any atom is 0.0603 e. The average molecular weight is 287 g/mol. The monoisotopic (exact) mass is 287 g/mol. The van der Waals surface area contributed by atoms with Crippen LogP contribution in [0, 0.1) is 0 Å². The summed E-state index contributed by atoms with van der Waals surface area (Å²) in [6.07, 6.45) is 6.50. The molecule has 3 nitrogen and oxygen atoms in total. The van der Waals surface area contributed by atoms with Crippen LogP contribution in [0.4, 0.5) is 5.69 Å². The van der Waals surface area contributed by atoms with Crippen LogP contribution in [0.3, 0.4) is 0 Å². The van der Waals surface area contributed by atoms with Gasteiger partial charge in [0.1, 0.15) is 0 Å². The molecule has 0 aromatic carbocycles. The van der Waals surface area contributed by atoms with Gasteiger partial charge in [0.15, 0.2) is 0 Å². The third-order valence-corrected chi connectivity index (χ3v) is 4.99. The first-order chi connectivity index (χ1) is 9.75. The van der Waals surface area contributed by atoms with E-state index in [2.05, 4.69) is 52.8 Å². The van der Waals surface area contributed by atoms with E-state index in [4.69, 9.17) is 0 Å². The van der Waals surface area contributed by atoms with E-state index in [1.807, 2.05) is 23.7 Å². The highest BCUT2D eigenvalue weighted by Gasteiger charge is 2.21. The summed E-state index contributed by atoms with van der Waals surface area (Å²) < 4.78 is 0. The van der Waals surface area contributed by atoms with E-state index in [0.29, 0.717) is 6.04 Å². The molecule has 4 heteroatoms. The molecule has 1 fully saturated rings. The third kappa shape index (κ3) is 3.02. The molecular weight excluding hydrogens is 266 g/mol. The molecule has 106 valence electrons. The Morgan fingerprint density at radius 1 is 1.45 bits per heavy atom. The molecule has 1 atom stereocenters. The largest absolute Gasteiger partial charge is 0.367 e. The Bertz CT molecular complexity index is 549. The van der Waals surface area contributed by atoms with Crippen molar-refractivity contribution in [2.45, 2.75) is 38.4 Å². The summed E-state index contributed by atoms with van der Waals surface area (Å²) in [5.41, 5.74) is 2.55. The summed E-state index contributed by atoms with van der Waals surface area (Å²) in [4.78, 5) is 8.02. The molecule has 0 radical (unpaired) electrons. The predicted molar refractivity (Wildman–Crippen MR) is 85.2 cm³/mol. The van der Waals surface area contributed by atoms with Crippen LogP contribution in [0.5, 0.6) is 0 Å². The normalized spacial score (nSPS) is 16.1. The van der Waals surface area contributed by atoms with Gasteiger partial charge in [-0.15, -0.1) is 11.3 Å². The van der Waals surface area contributed by atoms with Gasteiger partial charge in [-0.1, -0.05) is 6.07 Å². The van der Waals surface area contributed by atoms with Crippen LogP contribution in [0.2, 0.25) is 0 Å². The van der Waals surface area contributed by atoms with Gasteiger partial charge in [-0.05, 0) is 37.3 Å². The van der Waals surface area contributed by atoms with E-state index in [1.54, 1.807) is 0 Å². The molecule has 0 amide bonds. The number of nitrogens with zero attached hydrogens (tertiary/aromatic N) is 2. The number of aromatic nitrogens is 1. The van der Waals surface area contributed by atoms with E-state index in [0.717, 1.165) is 12.6 Å². The van der Waals surface area contributed by atoms with Crippen LogP contribution in [0.15, 0.2) is 36.0 Å². The SMILES string of the molecule is CC(c1cccs1)N(C)c1ccncc1CNC1CC1. The van der Waals surface area contributed by atoms with E-state index in [1.165, 1.54) is 29.0 Å². The van der Waals surface area contributed by atoms with Crippen LogP contribution in [-0.4, -0.2) is 18.1 Å². The lowest BCUT2D eigenvalue weighted by molar-refractivity contribution is 0.677. The molecule has 2 aromatic rings. The lowest BCUT2D eigenvalue weighted by atomic mass is 10.1. The second-order valence-corrected chi connectivity index (χ2v) is 6.44. The number of hydrogen-bond donors (Lipinski definition) is 1. The first-order valence-corrected chi connectivity index (χ1v) is 8.06. The predicted octanol–water partition coefficient (Wildman–Crippen LogP) is 3.59. The summed E-state index contributed by atoms with van der Waals surface area (Å²) in [6, 6.07) is 7.55. The van der Waals surface area contributed by atoms with Crippen molar-refractivity contribution < 1.29 is 0 Å². The molecule has 1 unspecified atom stereocenters. The zero-order chi connectivity index (χ0) is 13.9. The zero-order valence-corrected chi connectivity index (χ0v) is 12.9. The van der Waals surface area contributed by atoms with Crippen molar-refractivity contribution in [2.75, 3.05) is 11.9 Å². The third-order valence-electron chi connectivity index (χ3n) is 3.95. The highest BCUT2D eigenvalue weighted by Crippen LogP contribution is 2.30. The van der Waals surface area contributed by atoms with Gasteiger partial charge in [0, 0.05) is 48.2 Å². The highest BCUT2D eigenvalue weighted by molar-refractivity contribution is 7.10. The first kappa shape index (κ1) is 13.6. The van der Waals surface area contributed by atoms with Gasteiger partial charge >= 0.3 is 0 Å². The summed E-state index contributed by atoms with van der Waals surface area (Å²) >= 11 is 1.82. The molecule has 3 rings (SSSR count). The Morgan fingerprint density at radius 2 is 2.30 bits per heavy atom. The Morgan fingerprint density at radius 3 is 3.00 bits per heavy atom. The van der Waals surface area contributed by atoms with Crippen molar-refractivity contribution in [1.82, 2.24) is 10.3 Å². The van der Waals surface area contributed by atoms with Crippen LogP contribution < -0.4 is 10.2 Å². The zero-order valence-electron chi connectivity index (χ0n) is 12.0. The summed E-state index contributed by atoms with van der Waals surface area (Å²) in [5.74, 6) is 0. The van der Waals surface area contributed by atoms with Crippen LogP contribution >= 0.6 is 11.3 Å². The molecule has 1 aliphatic carbocycles. The molecule has 1 N–H and O–H groups in total. The van der Waals surface area contributed by atoms with Gasteiger partial charge in [0.25, 0.3) is 0 Å². The molecule has 20 heavy (non-hydrogen) atoms. The quantitative estimate of drug-likeness (QED) is 0.880. The number of thiophene rings is 1. The van der Waals surface area contributed by atoms with E-state index in [-0.39, 0.29) is 0 Å². The second kappa shape index (κ2) is 5.94. The van der Waals surface area contributed by atoms with Crippen LogP contribution in [0.25, 0.3) is 0 Å². The van der Waals surface area contributed by atoms with Gasteiger partial charge in [-0.2, -0.15) is 0 Å². The minimum absolute atomic E-state index is 0.386. The minimum Gasteiger partial charge on any atom is -0.367 e. The van der Waals surface area contributed by atoms with Crippen LogP contribution in [-0.2, 0) is 6.54 Å². The number of nitrogens with one attached hydrogen (secondary N) is 1. The molecule has 2 aromatic heterocycles. The van der Waals surface area contributed by atoms with Gasteiger partial charge < -0.3 is 10.2 Å². The lowest BCUT2D eigenvalue weighted by Crippen LogP contribution is -2.24. The summed E-state index contributed by atoms with van der Waals surface area (Å²) in [7, 11) is 2.17. The van der Waals surface area contributed by atoms with Crippen molar-refractivity contribution in [3.63, 3.8) is 0 Å². The lowest BCUT2D eigenvalue weighted by Gasteiger charge is -2.28. The molecule has 0 bridgehead atoms. The standard InChI is InChI=1S/C16H21N3S/c1-12(16-4-3-9-20-16)19(2)15-7-8-17-10-13(15)11-18-14-5-6-14/h3-4,7-10,12,14,18H,5-6,11H2,1-2H3. The highest BCUT2D eigenvalue weighted by atomic mass is 32.1. The maximum atomic E-state index is 4.28. The van der Waals surface area contributed by atoms with Gasteiger partial charge in [0.2, 0.25) is 0 Å². The van der Waals surface area contributed by atoms with Crippen LogP contribution in [0.1, 0.15) is 36.2 Å². The topological polar surface area (TPSA) is 28.2 Å². The van der Waals surface area contributed by atoms with Crippen molar-refractivity contribution in [3.8, 4) is 0 Å². The minimum atomic E-state index is 0.386. The summed E-state index contributed by atoms with van der Waals surface area (Å²) in [6.45, 7) is 3.17. The Kier molecular flexibility index (Phi) is 4.03. The number of hydrogen-bond acceptors (Lipinski definition) is 4. The molecule has 1 saturated carbocycles. The molecule has 0 saturated heterocycles. The molecule has 0 aliphatic heterocycles. The second-order valence-electron chi connectivity index (χ2n) is 5.46. The van der Waals surface area contributed by atoms with Gasteiger partial charge in [-0.25, -0.2) is 0 Å². The molecular formula is C16H21N3S. The Labute approximate surface area is 124 Å². The fraction of sp³-hybridized carbons (Fsp3) is 0.438. The smallest absolute Gasteiger partial charge is 0.0603 e. The van der Waals surface area contributed by atoms with E-state index >= 15 is 0 Å².